The van der Waals surface area contributed by atoms with Crippen molar-refractivity contribution >= 4 is 11.6 Å². The van der Waals surface area contributed by atoms with E-state index in [1.165, 1.54) is 22.3 Å². The van der Waals surface area contributed by atoms with E-state index in [0.29, 0.717) is 12.3 Å². The fourth-order valence-electron chi connectivity index (χ4n) is 2.74. The molecule has 1 amide bonds. The van der Waals surface area contributed by atoms with Crippen LogP contribution in [-0.4, -0.2) is 5.91 Å². The van der Waals surface area contributed by atoms with Gasteiger partial charge in [0.1, 0.15) is 0 Å². The van der Waals surface area contributed by atoms with Gasteiger partial charge in [-0.2, -0.15) is 0 Å². The molecule has 0 radical (unpaired) electrons. The molecule has 0 aromatic heterocycles. The highest BCUT2D eigenvalue weighted by Crippen LogP contribution is 2.35. The van der Waals surface area contributed by atoms with Gasteiger partial charge in [-0.25, -0.2) is 0 Å². The Hall–Kier alpha value is -1.35. The van der Waals surface area contributed by atoms with Gasteiger partial charge in [0, 0.05) is 18.2 Å². The Morgan fingerprint density at radius 3 is 2.63 bits per heavy atom. The zero-order chi connectivity index (χ0) is 14.2. The Morgan fingerprint density at radius 1 is 1.32 bits per heavy atom. The van der Waals surface area contributed by atoms with Crippen LogP contribution >= 0.6 is 0 Å². The predicted octanol–water partition coefficient (Wildman–Crippen LogP) is 3.23. The molecule has 104 valence electrons. The highest BCUT2D eigenvalue weighted by molar-refractivity contribution is 5.95. The maximum atomic E-state index is 11.5. The number of aryl methyl sites for hydroxylation is 1. The molecule has 19 heavy (non-hydrogen) atoms. The van der Waals surface area contributed by atoms with Crippen LogP contribution in [0.3, 0.4) is 0 Å². The second-order valence-corrected chi connectivity index (χ2v) is 5.71. The van der Waals surface area contributed by atoms with Gasteiger partial charge in [0.25, 0.3) is 0 Å². The van der Waals surface area contributed by atoms with Crippen LogP contribution in [0, 0.1) is 19.8 Å². The van der Waals surface area contributed by atoms with Gasteiger partial charge in [-0.05, 0) is 48.4 Å². The van der Waals surface area contributed by atoms with Crippen molar-refractivity contribution in [2.75, 3.05) is 5.32 Å². The van der Waals surface area contributed by atoms with E-state index in [1.54, 1.807) is 0 Å². The summed E-state index contributed by atoms with van der Waals surface area (Å²) in [5, 5.41) is 3.00. The molecule has 1 aliphatic heterocycles. The van der Waals surface area contributed by atoms with Crippen LogP contribution in [0.2, 0.25) is 0 Å². The van der Waals surface area contributed by atoms with Crippen LogP contribution in [0.25, 0.3) is 0 Å². The number of carbonyl (C=O) groups is 1. The van der Waals surface area contributed by atoms with Crippen molar-refractivity contribution in [3.05, 3.63) is 28.3 Å². The first-order valence-electron chi connectivity index (χ1n) is 7.14. The first kappa shape index (κ1) is 14.1. The monoisotopic (exact) mass is 260 g/mol. The van der Waals surface area contributed by atoms with Crippen molar-refractivity contribution in [3.8, 4) is 0 Å². The van der Waals surface area contributed by atoms with Gasteiger partial charge in [0.15, 0.2) is 0 Å². The van der Waals surface area contributed by atoms with Crippen LogP contribution in [0.5, 0.6) is 0 Å². The highest BCUT2D eigenvalue weighted by Gasteiger charge is 2.23. The van der Waals surface area contributed by atoms with Crippen LogP contribution in [0.1, 0.15) is 55.0 Å². The molecule has 0 bridgehead atoms. The zero-order valence-electron chi connectivity index (χ0n) is 12.3. The van der Waals surface area contributed by atoms with E-state index < -0.39 is 0 Å². The van der Waals surface area contributed by atoms with Gasteiger partial charge < -0.3 is 11.1 Å². The maximum absolute atomic E-state index is 11.5. The molecule has 0 fully saturated rings. The number of benzene rings is 1. The number of nitrogens with two attached hydrogens (primary N) is 1. The molecule has 3 N–H and O–H groups in total. The lowest BCUT2D eigenvalue weighted by molar-refractivity contribution is -0.116. The lowest BCUT2D eigenvalue weighted by Crippen LogP contribution is -2.24. The highest BCUT2D eigenvalue weighted by atomic mass is 16.1. The summed E-state index contributed by atoms with van der Waals surface area (Å²) < 4.78 is 0. The molecule has 0 spiro atoms. The fraction of sp³-hybridized carbons (Fsp3) is 0.562. The van der Waals surface area contributed by atoms with Gasteiger partial charge in [-0.1, -0.05) is 26.3 Å². The number of hydrogen-bond acceptors (Lipinski definition) is 2. The minimum absolute atomic E-state index is 0.0756. The van der Waals surface area contributed by atoms with Crippen molar-refractivity contribution in [2.45, 2.75) is 53.0 Å². The van der Waals surface area contributed by atoms with E-state index in [2.05, 4.69) is 39.1 Å². The summed E-state index contributed by atoms with van der Waals surface area (Å²) in [4.78, 5) is 11.5. The van der Waals surface area contributed by atoms with Gasteiger partial charge >= 0.3 is 0 Å². The summed E-state index contributed by atoms with van der Waals surface area (Å²) in [6.45, 7) is 8.55. The number of rotatable bonds is 3. The van der Waals surface area contributed by atoms with Crippen LogP contribution < -0.4 is 11.1 Å². The van der Waals surface area contributed by atoms with E-state index >= 15 is 0 Å². The first-order chi connectivity index (χ1) is 8.95. The maximum Gasteiger partial charge on any atom is 0.224 e. The number of amides is 1. The molecule has 1 aromatic rings. The molecule has 1 heterocycles. The average molecular weight is 260 g/mol. The number of fused-ring (bicyclic) bond motifs is 1. The Morgan fingerprint density at radius 2 is 2.00 bits per heavy atom. The van der Waals surface area contributed by atoms with E-state index in [9.17, 15) is 4.79 Å². The molecule has 2 unspecified atom stereocenters. The largest absolute Gasteiger partial charge is 0.326 e. The van der Waals surface area contributed by atoms with E-state index in [0.717, 1.165) is 18.5 Å². The minimum Gasteiger partial charge on any atom is -0.326 e. The van der Waals surface area contributed by atoms with Gasteiger partial charge in [-0.3, -0.25) is 4.79 Å². The van der Waals surface area contributed by atoms with Gasteiger partial charge in [-0.15, -0.1) is 0 Å². The molecule has 3 nitrogen and oxygen atoms in total. The Labute approximate surface area is 115 Å². The number of hydrogen-bond donors (Lipinski definition) is 2. The quantitative estimate of drug-likeness (QED) is 0.876. The molecular formula is C16H24N2O. The third-order valence-corrected chi connectivity index (χ3v) is 4.52. The van der Waals surface area contributed by atoms with E-state index in [-0.39, 0.29) is 11.9 Å². The topological polar surface area (TPSA) is 55.1 Å². The zero-order valence-corrected chi connectivity index (χ0v) is 12.3. The summed E-state index contributed by atoms with van der Waals surface area (Å²) in [6.07, 6.45) is 2.48. The molecule has 0 saturated carbocycles. The van der Waals surface area contributed by atoms with Crippen LogP contribution in [-0.2, 0) is 11.2 Å². The normalized spacial score (nSPS) is 17.6. The van der Waals surface area contributed by atoms with Gasteiger partial charge in [0.2, 0.25) is 5.91 Å². The standard InChI is InChI=1S/C16H24N2O/c1-5-9(2)15(17)13-8-12-6-7-14(19)18-16(12)11(4)10(13)3/h8-9,15H,5-7,17H2,1-4H3,(H,18,19). The van der Waals surface area contributed by atoms with E-state index in [4.69, 9.17) is 5.73 Å². The number of nitrogens with one attached hydrogen (secondary N) is 1. The minimum atomic E-state index is 0.0756. The summed E-state index contributed by atoms with van der Waals surface area (Å²) in [5.41, 5.74) is 12.3. The Balaban J connectivity index is 2.48. The molecule has 1 aliphatic rings. The molecule has 0 saturated heterocycles. The molecule has 0 aliphatic carbocycles. The smallest absolute Gasteiger partial charge is 0.224 e. The fourth-order valence-corrected chi connectivity index (χ4v) is 2.74. The van der Waals surface area contributed by atoms with Crippen molar-refractivity contribution in [2.24, 2.45) is 11.7 Å². The summed E-state index contributed by atoms with van der Waals surface area (Å²) in [7, 11) is 0. The van der Waals surface area contributed by atoms with Crippen molar-refractivity contribution in [1.82, 2.24) is 0 Å². The van der Waals surface area contributed by atoms with E-state index in [1.807, 2.05) is 0 Å². The number of carbonyl (C=O) groups excluding carboxylic acids is 1. The first-order valence-corrected chi connectivity index (χ1v) is 7.14. The lowest BCUT2D eigenvalue weighted by Gasteiger charge is -2.27. The summed E-state index contributed by atoms with van der Waals surface area (Å²) in [5.74, 6) is 0.586. The second kappa shape index (κ2) is 5.33. The Kier molecular flexibility index (Phi) is 3.95. The van der Waals surface area contributed by atoms with Crippen LogP contribution in [0.15, 0.2) is 6.07 Å². The summed E-state index contributed by atoms with van der Waals surface area (Å²) >= 11 is 0. The van der Waals surface area contributed by atoms with Crippen molar-refractivity contribution in [1.29, 1.82) is 0 Å². The molecular weight excluding hydrogens is 236 g/mol. The Bertz CT molecular complexity index is 508. The third kappa shape index (κ3) is 2.52. The lowest BCUT2D eigenvalue weighted by atomic mass is 9.85. The van der Waals surface area contributed by atoms with Gasteiger partial charge in [0.05, 0.1) is 0 Å². The molecule has 2 rings (SSSR count). The van der Waals surface area contributed by atoms with Crippen molar-refractivity contribution in [3.63, 3.8) is 0 Å². The second-order valence-electron chi connectivity index (χ2n) is 5.71. The predicted molar refractivity (Wildman–Crippen MR) is 79.3 cm³/mol. The third-order valence-electron chi connectivity index (χ3n) is 4.52. The average Bonchev–Trinajstić information content (AvgIpc) is 2.41. The molecule has 3 heteroatoms. The molecule has 1 aromatic carbocycles. The molecule has 2 atom stereocenters. The van der Waals surface area contributed by atoms with Crippen molar-refractivity contribution < 1.29 is 4.79 Å². The number of anilines is 1. The summed E-state index contributed by atoms with van der Waals surface area (Å²) in [6, 6.07) is 2.28. The van der Waals surface area contributed by atoms with Crippen LogP contribution in [0.4, 0.5) is 5.69 Å². The SMILES string of the molecule is CCC(C)C(N)c1cc2c(c(C)c1C)NC(=O)CC2.